The molecule has 1 atom stereocenters. The predicted molar refractivity (Wildman–Crippen MR) is 86.8 cm³/mol. The highest BCUT2D eigenvalue weighted by Crippen LogP contribution is 2.26. The van der Waals surface area contributed by atoms with Crippen LogP contribution in [0.15, 0.2) is 48.7 Å². The molecule has 1 unspecified atom stereocenters. The largest absolute Gasteiger partial charge is 0.309 e. The van der Waals surface area contributed by atoms with Crippen molar-refractivity contribution < 1.29 is 0 Å². The Bertz CT molecular complexity index is 569. The second-order valence-electron chi connectivity index (χ2n) is 5.42. The third kappa shape index (κ3) is 3.67. The average Bonchev–Trinajstić information content (AvgIpc) is 2.47. The van der Waals surface area contributed by atoms with Gasteiger partial charge in [0, 0.05) is 11.6 Å². The van der Waals surface area contributed by atoms with E-state index in [4.69, 9.17) is 0 Å². The zero-order chi connectivity index (χ0) is 14.4. The van der Waals surface area contributed by atoms with E-state index in [1.807, 2.05) is 6.20 Å². The van der Waals surface area contributed by atoms with E-state index in [2.05, 4.69) is 61.1 Å². The summed E-state index contributed by atoms with van der Waals surface area (Å²) in [5.74, 6) is 0. The van der Waals surface area contributed by atoms with Crippen molar-refractivity contribution in [3.63, 3.8) is 0 Å². The van der Waals surface area contributed by atoms with Crippen molar-refractivity contribution in [1.29, 1.82) is 0 Å². The Morgan fingerprint density at radius 3 is 2.85 bits per heavy atom. The molecule has 1 aromatic carbocycles. The van der Waals surface area contributed by atoms with Gasteiger partial charge in [0.1, 0.15) is 0 Å². The van der Waals surface area contributed by atoms with Gasteiger partial charge in [-0.1, -0.05) is 36.8 Å². The highest BCUT2D eigenvalue weighted by Gasteiger charge is 2.14. The van der Waals surface area contributed by atoms with Gasteiger partial charge in [-0.25, -0.2) is 0 Å². The number of hydrogen-bond acceptors (Lipinski definition) is 2. The molecule has 0 saturated carbocycles. The maximum absolute atomic E-state index is 4.65. The van der Waals surface area contributed by atoms with Gasteiger partial charge in [-0.2, -0.15) is 0 Å². The van der Waals surface area contributed by atoms with E-state index < -0.39 is 0 Å². The van der Waals surface area contributed by atoms with Gasteiger partial charge in [0.2, 0.25) is 0 Å². The molecule has 0 radical (unpaired) electrons. The molecule has 20 heavy (non-hydrogen) atoms. The summed E-state index contributed by atoms with van der Waals surface area (Å²) in [6.07, 6.45) is 5.13. The van der Waals surface area contributed by atoms with E-state index in [1.165, 1.54) is 16.3 Å². The van der Waals surface area contributed by atoms with Crippen LogP contribution in [0.25, 0.3) is 10.8 Å². The van der Waals surface area contributed by atoms with Crippen molar-refractivity contribution in [2.75, 3.05) is 6.54 Å². The standard InChI is InChI=1S/C18H24N2/c1-4-12-19-17(10-9-14(2)3)18-16-8-6-5-7-15(16)11-13-20-18/h5-8,11,13,17,19H,2,4,9-10,12H2,1,3H3. The minimum Gasteiger partial charge on any atom is -0.309 e. The fraction of sp³-hybridized carbons (Fsp3) is 0.389. The molecule has 106 valence electrons. The quantitative estimate of drug-likeness (QED) is 0.740. The molecule has 0 aliphatic heterocycles. The number of nitrogens with one attached hydrogen (secondary N) is 1. The van der Waals surface area contributed by atoms with Crippen LogP contribution in [0.4, 0.5) is 0 Å². The third-order valence-corrected chi connectivity index (χ3v) is 3.54. The summed E-state index contributed by atoms with van der Waals surface area (Å²) in [4.78, 5) is 4.65. The zero-order valence-electron chi connectivity index (χ0n) is 12.5. The number of benzene rings is 1. The van der Waals surface area contributed by atoms with Crippen LogP contribution in [0.3, 0.4) is 0 Å². The molecular formula is C18H24N2. The van der Waals surface area contributed by atoms with Gasteiger partial charge in [0.15, 0.2) is 0 Å². The lowest BCUT2D eigenvalue weighted by Crippen LogP contribution is -2.23. The molecule has 0 aliphatic carbocycles. The predicted octanol–water partition coefficient (Wildman–Crippen LogP) is 4.63. The Morgan fingerprint density at radius 2 is 2.10 bits per heavy atom. The second kappa shape index (κ2) is 7.20. The lowest BCUT2D eigenvalue weighted by Gasteiger charge is -2.19. The summed E-state index contributed by atoms with van der Waals surface area (Å²) < 4.78 is 0. The Balaban J connectivity index is 2.31. The van der Waals surface area contributed by atoms with E-state index in [-0.39, 0.29) is 0 Å². The van der Waals surface area contributed by atoms with E-state index >= 15 is 0 Å². The molecule has 2 nitrogen and oxygen atoms in total. The first-order valence-electron chi connectivity index (χ1n) is 7.43. The van der Waals surface area contributed by atoms with Gasteiger partial charge >= 0.3 is 0 Å². The van der Waals surface area contributed by atoms with Crippen molar-refractivity contribution in [1.82, 2.24) is 10.3 Å². The van der Waals surface area contributed by atoms with Gasteiger partial charge in [-0.05, 0) is 44.2 Å². The van der Waals surface area contributed by atoms with Crippen LogP contribution < -0.4 is 5.32 Å². The monoisotopic (exact) mass is 268 g/mol. The molecule has 0 aliphatic rings. The Hall–Kier alpha value is -1.67. The van der Waals surface area contributed by atoms with E-state index in [0.717, 1.165) is 31.5 Å². The second-order valence-corrected chi connectivity index (χ2v) is 5.42. The van der Waals surface area contributed by atoms with Gasteiger partial charge in [-0.3, -0.25) is 4.98 Å². The summed E-state index contributed by atoms with van der Waals surface area (Å²) in [7, 11) is 0. The van der Waals surface area contributed by atoms with Crippen molar-refractivity contribution >= 4 is 10.8 Å². The fourth-order valence-electron chi connectivity index (χ4n) is 2.47. The Kier molecular flexibility index (Phi) is 5.31. The van der Waals surface area contributed by atoms with E-state index in [1.54, 1.807) is 0 Å². The molecule has 2 heteroatoms. The maximum Gasteiger partial charge on any atom is 0.0651 e. The number of rotatable bonds is 7. The summed E-state index contributed by atoms with van der Waals surface area (Å²) in [6.45, 7) is 9.32. The maximum atomic E-state index is 4.65. The minimum absolute atomic E-state index is 0.303. The molecule has 1 aromatic heterocycles. The molecule has 1 N–H and O–H groups in total. The summed E-state index contributed by atoms with van der Waals surface area (Å²) in [5, 5.41) is 6.14. The van der Waals surface area contributed by atoms with Gasteiger partial charge < -0.3 is 5.32 Å². The first-order chi connectivity index (χ1) is 9.72. The molecule has 1 heterocycles. The molecule has 2 aromatic rings. The minimum atomic E-state index is 0.303. The molecule has 2 rings (SSSR count). The van der Waals surface area contributed by atoms with Crippen LogP contribution in [0.5, 0.6) is 0 Å². The first-order valence-corrected chi connectivity index (χ1v) is 7.43. The molecule has 0 spiro atoms. The van der Waals surface area contributed by atoms with E-state index in [9.17, 15) is 0 Å². The van der Waals surface area contributed by atoms with Crippen LogP contribution in [0, 0.1) is 0 Å². The van der Waals surface area contributed by atoms with Gasteiger partial charge in [-0.15, -0.1) is 6.58 Å². The normalized spacial score (nSPS) is 12.5. The number of hydrogen-bond donors (Lipinski definition) is 1. The topological polar surface area (TPSA) is 24.9 Å². The average molecular weight is 268 g/mol. The number of aromatic nitrogens is 1. The van der Waals surface area contributed by atoms with Crippen LogP contribution in [-0.4, -0.2) is 11.5 Å². The fourth-order valence-corrected chi connectivity index (χ4v) is 2.47. The van der Waals surface area contributed by atoms with Crippen LogP contribution >= 0.6 is 0 Å². The summed E-state index contributed by atoms with van der Waals surface area (Å²) in [6, 6.07) is 10.9. The molecule has 0 bridgehead atoms. The van der Waals surface area contributed by atoms with Gasteiger partial charge in [0.25, 0.3) is 0 Å². The van der Waals surface area contributed by atoms with Crippen molar-refractivity contribution in [3.05, 3.63) is 54.4 Å². The summed E-state index contributed by atoms with van der Waals surface area (Å²) >= 11 is 0. The Morgan fingerprint density at radius 1 is 1.30 bits per heavy atom. The van der Waals surface area contributed by atoms with Crippen LogP contribution in [0.1, 0.15) is 44.8 Å². The van der Waals surface area contributed by atoms with E-state index in [0.29, 0.717) is 6.04 Å². The van der Waals surface area contributed by atoms with Gasteiger partial charge in [0.05, 0.1) is 11.7 Å². The number of pyridine rings is 1. The SMILES string of the molecule is C=C(C)CCC(NCCC)c1nccc2ccccc12. The van der Waals surface area contributed by atoms with Crippen LogP contribution in [-0.2, 0) is 0 Å². The molecule has 0 fully saturated rings. The number of nitrogens with zero attached hydrogens (tertiary/aromatic N) is 1. The number of fused-ring (bicyclic) bond motifs is 1. The van der Waals surface area contributed by atoms with Crippen molar-refractivity contribution in [2.45, 2.75) is 39.2 Å². The number of allylic oxidation sites excluding steroid dienone is 1. The van der Waals surface area contributed by atoms with Crippen molar-refractivity contribution in [3.8, 4) is 0 Å². The Labute approximate surface area is 121 Å². The smallest absolute Gasteiger partial charge is 0.0651 e. The third-order valence-electron chi connectivity index (χ3n) is 3.54. The zero-order valence-corrected chi connectivity index (χ0v) is 12.5. The lowest BCUT2D eigenvalue weighted by atomic mass is 9.99. The molecular weight excluding hydrogens is 244 g/mol. The molecule has 0 saturated heterocycles. The van der Waals surface area contributed by atoms with Crippen molar-refractivity contribution in [2.24, 2.45) is 0 Å². The first kappa shape index (κ1) is 14.7. The summed E-state index contributed by atoms with van der Waals surface area (Å²) in [5.41, 5.74) is 2.39. The molecule has 0 amide bonds. The lowest BCUT2D eigenvalue weighted by molar-refractivity contribution is 0.492. The van der Waals surface area contributed by atoms with Crippen LogP contribution in [0.2, 0.25) is 0 Å². The highest BCUT2D eigenvalue weighted by atomic mass is 14.9. The highest BCUT2D eigenvalue weighted by molar-refractivity contribution is 5.84.